The van der Waals surface area contributed by atoms with Gasteiger partial charge in [-0.2, -0.15) is 0 Å². The van der Waals surface area contributed by atoms with Crippen molar-refractivity contribution in [2.24, 2.45) is 5.41 Å². The van der Waals surface area contributed by atoms with Crippen molar-refractivity contribution in [2.75, 3.05) is 32.7 Å². The minimum atomic E-state index is 0.174. The lowest BCUT2D eigenvalue weighted by atomic mass is 9.73. The number of hydrogen-bond donors (Lipinski definition) is 0. The number of carbonyl (C=O) groups is 1. The Morgan fingerprint density at radius 1 is 1.36 bits per heavy atom. The number of rotatable bonds is 2. The maximum Gasteiger partial charge on any atom is 0.246 e. The van der Waals surface area contributed by atoms with Gasteiger partial charge in [0.15, 0.2) is 0 Å². The Morgan fingerprint density at radius 2 is 2.00 bits per heavy atom. The number of amides is 1. The Labute approximate surface area is 85.4 Å². The van der Waals surface area contributed by atoms with Crippen LogP contribution in [0.15, 0.2) is 12.2 Å². The van der Waals surface area contributed by atoms with E-state index in [9.17, 15) is 4.79 Å². The maximum atomic E-state index is 11.4. The van der Waals surface area contributed by atoms with Gasteiger partial charge in [-0.15, -0.1) is 0 Å². The molecule has 1 spiro atoms. The van der Waals surface area contributed by atoms with Crippen LogP contribution < -0.4 is 0 Å². The van der Waals surface area contributed by atoms with E-state index in [0.29, 0.717) is 5.41 Å². The lowest BCUT2D eigenvalue weighted by Gasteiger charge is -2.60. The van der Waals surface area contributed by atoms with Crippen LogP contribution in [-0.2, 0) is 4.79 Å². The zero-order valence-corrected chi connectivity index (χ0v) is 8.99. The summed E-state index contributed by atoms with van der Waals surface area (Å²) in [5.74, 6) is 0.174. The third-order valence-corrected chi connectivity index (χ3v) is 3.24. The first-order valence-corrected chi connectivity index (χ1v) is 5.33. The van der Waals surface area contributed by atoms with Crippen LogP contribution in [0.3, 0.4) is 0 Å². The molecule has 78 valence electrons. The number of likely N-dealkylation sites (tertiary alicyclic amines) is 2. The van der Waals surface area contributed by atoms with Gasteiger partial charge in [-0.25, -0.2) is 0 Å². The molecule has 0 saturated carbocycles. The molecule has 0 aliphatic carbocycles. The third-order valence-electron chi connectivity index (χ3n) is 3.24. The van der Waals surface area contributed by atoms with Crippen molar-refractivity contribution in [3.05, 3.63) is 12.2 Å². The van der Waals surface area contributed by atoms with E-state index in [-0.39, 0.29) is 5.91 Å². The van der Waals surface area contributed by atoms with Crippen molar-refractivity contribution in [1.82, 2.24) is 9.80 Å². The minimum Gasteiger partial charge on any atom is -0.338 e. The first kappa shape index (κ1) is 9.71. The molecular formula is C11H18N2O. The van der Waals surface area contributed by atoms with Crippen molar-refractivity contribution < 1.29 is 4.79 Å². The van der Waals surface area contributed by atoms with E-state index in [1.807, 2.05) is 17.9 Å². The molecule has 0 aromatic heterocycles. The van der Waals surface area contributed by atoms with Gasteiger partial charge in [0.25, 0.3) is 0 Å². The highest BCUT2D eigenvalue weighted by atomic mass is 16.2. The predicted octanol–water partition coefficient (Wildman–Crippen LogP) is 0.727. The number of hydrogen-bond acceptors (Lipinski definition) is 2. The van der Waals surface area contributed by atoms with Crippen LogP contribution in [0.1, 0.15) is 13.8 Å². The highest BCUT2D eigenvalue weighted by molar-refractivity contribution is 5.88. The largest absolute Gasteiger partial charge is 0.338 e. The molecule has 0 N–H and O–H groups in total. The second kappa shape index (κ2) is 3.39. The van der Waals surface area contributed by atoms with E-state index in [0.717, 1.165) is 19.6 Å². The fourth-order valence-corrected chi connectivity index (χ4v) is 2.49. The summed E-state index contributed by atoms with van der Waals surface area (Å²) in [5.41, 5.74) is 0.466. The van der Waals surface area contributed by atoms with Crippen molar-refractivity contribution in [1.29, 1.82) is 0 Å². The topological polar surface area (TPSA) is 23.6 Å². The molecule has 0 unspecified atom stereocenters. The zero-order valence-electron chi connectivity index (χ0n) is 8.99. The number of nitrogens with zero attached hydrogens (tertiary/aromatic N) is 2. The van der Waals surface area contributed by atoms with Crippen molar-refractivity contribution >= 4 is 5.91 Å². The smallest absolute Gasteiger partial charge is 0.246 e. The Hall–Kier alpha value is -0.830. The lowest BCUT2D eigenvalue weighted by Crippen LogP contribution is -2.72. The molecule has 0 radical (unpaired) electrons. The van der Waals surface area contributed by atoms with Gasteiger partial charge in [-0.05, 0) is 19.5 Å². The van der Waals surface area contributed by atoms with Crippen molar-refractivity contribution in [3.63, 3.8) is 0 Å². The summed E-state index contributed by atoms with van der Waals surface area (Å²) in [5, 5.41) is 0. The van der Waals surface area contributed by atoms with Gasteiger partial charge in [0.05, 0.1) is 0 Å². The number of carbonyl (C=O) groups excluding carboxylic acids is 1. The summed E-state index contributed by atoms with van der Waals surface area (Å²) in [6.45, 7) is 9.51. The van der Waals surface area contributed by atoms with E-state index in [4.69, 9.17) is 0 Å². The molecule has 2 rings (SSSR count). The first-order valence-electron chi connectivity index (χ1n) is 5.33. The molecule has 3 heteroatoms. The van der Waals surface area contributed by atoms with Gasteiger partial charge in [0.2, 0.25) is 5.91 Å². The van der Waals surface area contributed by atoms with Crippen LogP contribution in [0.25, 0.3) is 0 Å². The standard InChI is InChI=1S/C11H18N2O/c1-3-5-10(14)13-8-11(9-13)6-12(4-2)7-11/h3,5H,4,6-9H2,1-2H3/b5-3+. The highest BCUT2D eigenvalue weighted by Crippen LogP contribution is 2.39. The molecule has 0 atom stereocenters. The van der Waals surface area contributed by atoms with E-state index in [1.54, 1.807) is 6.08 Å². The SMILES string of the molecule is C/C=C/C(=O)N1CC2(CN(CC)C2)C1. The van der Waals surface area contributed by atoms with Crippen LogP contribution in [-0.4, -0.2) is 48.4 Å². The van der Waals surface area contributed by atoms with E-state index >= 15 is 0 Å². The average Bonchev–Trinajstić information content (AvgIpc) is 2.00. The van der Waals surface area contributed by atoms with Crippen LogP contribution in [0.2, 0.25) is 0 Å². The Kier molecular flexibility index (Phi) is 2.35. The van der Waals surface area contributed by atoms with Crippen LogP contribution >= 0.6 is 0 Å². The first-order chi connectivity index (χ1) is 6.69. The molecule has 2 saturated heterocycles. The second-order valence-electron chi connectivity index (χ2n) is 4.50. The Morgan fingerprint density at radius 3 is 2.50 bits per heavy atom. The fraction of sp³-hybridized carbons (Fsp3) is 0.727. The van der Waals surface area contributed by atoms with Crippen LogP contribution in [0.4, 0.5) is 0 Å². The van der Waals surface area contributed by atoms with Gasteiger partial charge in [0.1, 0.15) is 0 Å². The van der Waals surface area contributed by atoms with E-state index in [1.165, 1.54) is 13.1 Å². The van der Waals surface area contributed by atoms with Gasteiger partial charge < -0.3 is 9.80 Å². The molecule has 3 nitrogen and oxygen atoms in total. The number of allylic oxidation sites excluding steroid dienone is 1. The van der Waals surface area contributed by atoms with Crippen molar-refractivity contribution in [2.45, 2.75) is 13.8 Å². The van der Waals surface area contributed by atoms with Gasteiger partial charge in [-0.3, -0.25) is 4.79 Å². The van der Waals surface area contributed by atoms with E-state index in [2.05, 4.69) is 11.8 Å². The molecule has 0 aromatic carbocycles. The van der Waals surface area contributed by atoms with Gasteiger partial charge >= 0.3 is 0 Å². The van der Waals surface area contributed by atoms with Crippen LogP contribution in [0, 0.1) is 5.41 Å². The van der Waals surface area contributed by atoms with E-state index < -0.39 is 0 Å². The van der Waals surface area contributed by atoms with Crippen molar-refractivity contribution in [3.8, 4) is 0 Å². The zero-order chi connectivity index (χ0) is 10.2. The normalized spacial score (nSPS) is 25.1. The molecule has 2 aliphatic rings. The molecule has 2 heterocycles. The summed E-state index contributed by atoms with van der Waals surface area (Å²) in [6, 6.07) is 0. The molecule has 0 bridgehead atoms. The maximum absolute atomic E-state index is 11.4. The average molecular weight is 194 g/mol. The quantitative estimate of drug-likeness (QED) is 0.605. The molecule has 0 aromatic rings. The summed E-state index contributed by atoms with van der Waals surface area (Å²) in [6.07, 6.45) is 3.47. The highest BCUT2D eigenvalue weighted by Gasteiger charge is 2.51. The van der Waals surface area contributed by atoms with Crippen LogP contribution in [0.5, 0.6) is 0 Å². The summed E-state index contributed by atoms with van der Waals surface area (Å²) in [7, 11) is 0. The predicted molar refractivity (Wildman–Crippen MR) is 55.9 cm³/mol. The Balaban J connectivity index is 1.78. The summed E-state index contributed by atoms with van der Waals surface area (Å²) >= 11 is 0. The molecule has 2 aliphatic heterocycles. The second-order valence-corrected chi connectivity index (χ2v) is 4.50. The fourth-order valence-electron chi connectivity index (χ4n) is 2.49. The lowest BCUT2D eigenvalue weighted by molar-refractivity contribution is -0.153. The third kappa shape index (κ3) is 1.46. The minimum absolute atomic E-state index is 0.174. The summed E-state index contributed by atoms with van der Waals surface area (Å²) < 4.78 is 0. The molecule has 2 fully saturated rings. The molecular weight excluding hydrogens is 176 g/mol. The monoisotopic (exact) mass is 194 g/mol. The Bertz CT molecular complexity index is 258. The summed E-state index contributed by atoms with van der Waals surface area (Å²) in [4.78, 5) is 15.8. The molecule has 14 heavy (non-hydrogen) atoms. The van der Waals surface area contributed by atoms with Gasteiger partial charge in [0, 0.05) is 31.6 Å². The molecule has 1 amide bonds. The van der Waals surface area contributed by atoms with Gasteiger partial charge in [-0.1, -0.05) is 13.0 Å².